The molecular weight excluding hydrogens is 156 g/mol. The Morgan fingerprint density at radius 1 is 1.60 bits per heavy atom. The second kappa shape index (κ2) is 6.80. The lowest BCUT2D eigenvalue weighted by Crippen LogP contribution is -2.30. The number of carboxylic acid groups (broad SMARTS) is 1. The van der Waals surface area contributed by atoms with Crippen molar-refractivity contribution in [1.82, 2.24) is 0 Å². The summed E-state index contributed by atoms with van der Waals surface area (Å²) in [5.74, 6) is -0.820. The van der Waals surface area contributed by atoms with Crippen molar-refractivity contribution in [2.45, 2.75) is 18.9 Å². The molecule has 10 heavy (non-hydrogen) atoms. The van der Waals surface area contributed by atoms with Crippen LogP contribution in [0.2, 0.25) is 0 Å². The zero-order chi connectivity index (χ0) is 7.28. The molecule has 4 nitrogen and oxygen atoms in total. The molecule has 0 bridgehead atoms. The summed E-state index contributed by atoms with van der Waals surface area (Å²) in [5, 5.41) is 8.16. The van der Waals surface area contributed by atoms with Crippen LogP contribution in [0.15, 0.2) is 0 Å². The number of hydrogen-bond acceptors (Lipinski definition) is 3. The van der Waals surface area contributed by atoms with Gasteiger partial charge in [-0.05, 0) is 6.42 Å². The lowest BCUT2D eigenvalue weighted by atomic mass is 10.2. The van der Waals surface area contributed by atoms with Gasteiger partial charge in [0.2, 0.25) is 0 Å². The van der Waals surface area contributed by atoms with Crippen LogP contribution >= 0.6 is 12.4 Å². The Balaban J connectivity index is 0. The summed E-state index contributed by atoms with van der Waals surface area (Å²) >= 11 is 0. The summed E-state index contributed by atoms with van der Waals surface area (Å²) in [6.07, 6.45) is 0.574. The van der Waals surface area contributed by atoms with Gasteiger partial charge >= 0.3 is 5.97 Å². The van der Waals surface area contributed by atoms with Crippen molar-refractivity contribution in [3.05, 3.63) is 0 Å². The predicted octanol–water partition coefficient (Wildman–Crippen LogP) is -0.441. The molecule has 0 aromatic rings. The van der Waals surface area contributed by atoms with Crippen LogP contribution in [0.4, 0.5) is 0 Å². The van der Waals surface area contributed by atoms with Crippen molar-refractivity contribution in [2.75, 3.05) is 6.54 Å². The zero-order valence-corrected chi connectivity index (χ0v) is 6.43. The van der Waals surface area contributed by atoms with E-state index >= 15 is 0 Å². The molecule has 5 heteroatoms. The van der Waals surface area contributed by atoms with Gasteiger partial charge in [0.1, 0.15) is 0 Å². The van der Waals surface area contributed by atoms with Gasteiger partial charge < -0.3 is 16.6 Å². The Kier molecular flexibility index (Phi) is 8.40. The summed E-state index contributed by atoms with van der Waals surface area (Å²) in [5.41, 5.74) is 10.5. The van der Waals surface area contributed by atoms with Gasteiger partial charge in [-0.15, -0.1) is 12.4 Å². The predicted molar refractivity (Wildman–Crippen MR) is 41.1 cm³/mol. The highest BCUT2D eigenvalue weighted by molar-refractivity contribution is 5.85. The molecule has 0 heterocycles. The smallest absolute Gasteiger partial charge is 0.303 e. The van der Waals surface area contributed by atoms with Gasteiger partial charge in [-0.2, -0.15) is 0 Å². The molecule has 0 aliphatic rings. The highest BCUT2D eigenvalue weighted by atomic mass is 35.5. The molecule has 0 spiro atoms. The molecule has 0 fully saturated rings. The van der Waals surface area contributed by atoms with Crippen molar-refractivity contribution >= 4 is 18.4 Å². The second-order valence-electron chi connectivity index (χ2n) is 1.93. The van der Waals surface area contributed by atoms with Crippen LogP contribution in [0.25, 0.3) is 0 Å². The Labute approximate surface area is 66.0 Å². The molecule has 0 amide bonds. The van der Waals surface area contributed by atoms with Gasteiger partial charge in [0, 0.05) is 19.0 Å². The van der Waals surface area contributed by atoms with E-state index in [1.807, 2.05) is 0 Å². The summed E-state index contributed by atoms with van der Waals surface area (Å²) in [4.78, 5) is 9.92. The van der Waals surface area contributed by atoms with E-state index in [1.54, 1.807) is 0 Å². The maximum atomic E-state index is 9.92. The Morgan fingerprint density at radius 2 is 2.10 bits per heavy atom. The average Bonchev–Trinajstić information content (AvgIpc) is 1.83. The molecule has 0 aromatic carbocycles. The Morgan fingerprint density at radius 3 is 2.40 bits per heavy atom. The fraction of sp³-hybridized carbons (Fsp3) is 0.800. The van der Waals surface area contributed by atoms with Crippen molar-refractivity contribution < 1.29 is 9.90 Å². The average molecular weight is 169 g/mol. The highest BCUT2D eigenvalue weighted by Crippen LogP contribution is 1.91. The maximum absolute atomic E-state index is 9.92. The van der Waals surface area contributed by atoms with E-state index in [-0.39, 0.29) is 24.9 Å². The summed E-state index contributed by atoms with van der Waals surface area (Å²) in [7, 11) is 0. The number of halogens is 1. The van der Waals surface area contributed by atoms with E-state index < -0.39 is 5.97 Å². The number of carbonyl (C=O) groups is 1. The largest absolute Gasteiger partial charge is 0.481 e. The van der Waals surface area contributed by atoms with E-state index in [2.05, 4.69) is 0 Å². The van der Waals surface area contributed by atoms with Gasteiger partial charge in [-0.25, -0.2) is 0 Å². The third kappa shape index (κ3) is 7.68. The lowest BCUT2D eigenvalue weighted by molar-refractivity contribution is -0.137. The maximum Gasteiger partial charge on any atom is 0.303 e. The lowest BCUT2D eigenvalue weighted by Gasteiger charge is -2.03. The van der Waals surface area contributed by atoms with Gasteiger partial charge in [0.15, 0.2) is 0 Å². The van der Waals surface area contributed by atoms with Crippen LogP contribution in [0.1, 0.15) is 12.8 Å². The van der Waals surface area contributed by atoms with Crippen LogP contribution in [-0.4, -0.2) is 23.7 Å². The van der Waals surface area contributed by atoms with Crippen LogP contribution in [0.5, 0.6) is 0 Å². The second-order valence-corrected chi connectivity index (χ2v) is 1.93. The molecule has 1 atom stereocenters. The van der Waals surface area contributed by atoms with Gasteiger partial charge in [0.05, 0.1) is 0 Å². The number of hydrogen-bond donors (Lipinski definition) is 3. The molecule has 0 aliphatic carbocycles. The van der Waals surface area contributed by atoms with Crippen LogP contribution in [0.3, 0.4) is 0 Å². The number of rotatable bonds is 4. The fourth-order valence-corrected chi connectivity index (χ4v) is 0.427. The fourth-order valence-electron chi connectivity index (χ4n) is 0.427. The SMILES string of the molecule is Cl.NCC(N)CCC(=O)O. The molecule has 62 valence electrons. The quantitative estimate of drug-likeness (QED) is 0.531. The molecule has 5 N–H and O–H groups in total. The van der Waals surface area contributed by atoms with Gasteiger partial charge in [-0.1, -0.05) is 0 Å². The number of carboxylic acids is 1. The minimum atomic E-state index is -0.820. The molecule has 0 aromatic heterocycles. The molecule has 0 saturated heterocycles. The topological polar surface area (TPSA) is 89.3 Å². The first-order valence-electron chi connectivity index (χ1n) is 2.84. The third-order valence-electron chi connectivity index (χ3n) is 1.03. The zero-order valence-electron chi connectivity index (χ0n) is 5.62. The van der Waals surface area contributed by atoms with E-state index in [9.17, 15) is 4.79 Å². The summed E-state index contributed by atoms with van der Waals surface area (Å²) in [6, 6.07) is -0.166. The van der Waals surface area contributed by atoms with Crippen molar-refractivity contribution in [2.24, 2.45) is 11.5 Å². The van der Waals surface area contributed by atoms with Crippen LogP contribution < -0.4 is 11.5 Å². The standard InChI is InChI=1S/C5H12N2O2.ClH/c6-3-4(7)1-2-5(8)9;/h4H,1-3,6-7H2,(H,8,9);1H. The van der Waals surface area contributed by atoms with E-state index in [1.165, 1.54) is 0 Å². The Bertz CT molecular complexity index is 99.6. The third-order valence-corrected chi connectivity index (χ3v) is 1.03. The number of nitrogens with two attached hydrogens (primary N) is 2. The molecule has 0 aliphatic heterocycles. The van der Waals surface area contributed by atoms with Crippen LogP contribution in [0, 0.1) is 0 Å². The minimum Gasteiger partial charge on any atom is -0.481 e. The monoisotopic (exact) mass is 168 g/mol. The minimum absolute atomic E-state index is 0. The van der Waals surface area contributed by atoms with E-state index in [0.29, 0.717) is 13.0 Å². The first-order chi connectivity index (χ1) is 4.16. The summed E-state index contributed by atoms with van der Waals surface area (Å²) < 4.78 is 0. The van der Waals surface area contributed by atoms with Crippen LogP contribution in [-0.2, 0) is 4.79 Å². The van der Waals surface area contributed by atoms with Crippen molar-refractivity contribution in [1.29, 1.82) is 0 Å². The molecular formula is C5H13ClN2O2. The molecule has 1 unspecified atom stereocenters. The van der Waals surface area contributed by atoms with E-state index in [0.717, 1.165) is 0 Å². The Hall–Kier alpha value is -0.320. The van der Waals surface area contributed by atoms with Crippen molar-refractivity contribution in [3.63, 3.8) is 0 Å². The first-order valence-corrected chi connectivity index (χ1v) is 2.84. The normalized spacial score (nSPS) is 11.8. The van der Waals surface area contributed by atoms with E-state index in [4.69, 9.17) is 16.6 Å². The van der Waals surface area contributed by atoms with Gasteiger partial charge in [-0.3, -0.25) is 4.79 Å². The molecule has 0 saturated carbocycles. The first kappa shape index (κ1) is 12.4. The molecule has 0 radical (unpaired) electrons. The highest BCUT2D eigenvalue weighted by Gasteiger charge is 2.01. The molecule has 0 rings (SSSR count). The summed E-state index contributed by atoms with van der Waals surface area (Å²) in [6.45, 7) is 0.354. The number of aliphatic carboxylic acids is 1. The van der Waals surface area contributed by atoms with Gasteiger partial charge in [0.25, 0.3) is 0 Å². The van der Waals surface area contributed by atoms with Crippen molar-refractivity contribution in [3.8, 4) is 0 Å².